The zero-order valence-electron chi connectivity index (χ0n) is 16.3. The van der Waals surface area contributed by atoms with Crippen LogP contribution in [0, 0.1) is 5.92 Å². The highest BCUT2D eigenvalue weighted by molar-refractivity contribution is 5.70. The molecule has 6 nitrogen and oxygen atoms in total. The van der Waals surface area contributed by atoms with Gasteiger partial charge in [0.25, 0.3) is 0 Å². The summed E-state index contributed by atoms with van der Waals surface area (Å²) in [4.78, 5) is 11.5. The third-order valence-corrected chi connectivity index (χ3v) is 5.07. The van der Waals surface area contributed by atoms with E-state index in [0.29, 0.717) is 24.3 Å². The highest BCUT2D eigenvalue weighted by Crippen LogP contribution is 2.30. The fourth-order valence-corrected chi connectivity index (χ4v) is 3.67. The summed E-state index contributed by atoms with van der Waals surface area (Å²) in [5.41, 5.74) is 1.48. The normalized spacial score (nSPS) is 21.8. The minimum absolute atomic E-state index is 0.137. The quantitative estimate of drug-likeness (QED) is 0.632. The number of carbonyl (C=O) groups is 1. The summed E-state index contributed by atoms with van der Waals surface area (Å²) in [7, 11) is 1.43. The van der Waals surface area contributed by atoms with Crippen molar-refractivity contribution in [1.82, 2.24) is 10.6 Å². The number of ether oxygens (including phenoxy) is 2. The lowest BCUT2D eigenvalue weighted by Gasteiger charge is -2.36. The molecule has 0 bridgehead atoms. The molecule has 1 fully saturated rings. The van der Waals surface area contributed by atoms with E-state index in [2.05, 4.69) is 15.4 Å². The molecule has 0 aromatic heterocycles. The van der Waals surface area contributed by atoms with Gasteiger partial charge in [0.15, 0.2) is 0 Å². The maximum absolute atomic E-state index is 12.6. The average Bonchev–Trinajstić information content (AvgIpc) is 2.71. The van der Waals surface area contributed by atoms with Gasteiger partial charge in [-0.25, -0.2) is 0 Å². The van der Waals surface area contributed by atoms with E-state index in [1.165, 1.54) is 25.3 Å². The first kappa shape index (κ1) is 21.9. The van der Waals surface area contributed by atoms with E-state index < -0.39 is 18.2 Å². The maximum Gasteiger partial charge on any atom is 0.573 e. The SMILES string of the molecule is COc1ccc(OC(F)(F)F)cc1CN[C@H]1C[C@@H](C(=O)O)CN[C@H]1c1ccccc1. The number of rotatable bonds is 7. The van der Waals surface area contributed by atoms with Crippen molar-refractivity contribution in [2.45, 2.75) is 31.4 Å². The molecule has 1 saturated heterocycles. The van der Waals surface area contributed by atoms with Gasteiger partial charge in [-0.3, -0.25) is 4.79 Å². The van der Waals surface area contributed by atoms with Crippen molar-refractivity contribution in [2.75, 3.05) is 13.7 Å². The van der Waals surface area contributed by atoms with E-state index in [-0.39, 0.29) is 24.4 Å². The molecular weight excluding hydrogens is 401 g/mol. The number of hydrogen-bond donors (Lipinski definition) is 3. The van der Waals surface area contributed by atoms with Crippen LogP contribution < -0.4 is 20.1 Å². The van der Waals surface area contributed by atoms with Gasteiger partial charge in [-0.1, -0.05) is 30.3 Å². The van der Waals surface area contributed by atoms with Crippen molar-refractivity contribution in [3.05, 3.63) is 59.7 Å². The van der Waals surface area contributed by atoms with Gasteiger partial charge < -0.3 is 25.2 Å². The van der Waals surface area contributed by atoms with Crippen molar-refractivity contribution >= 4 is 5.97 Å². The van der Waals surface area contributed by atoms with Crippen LogP contribution in [-0.2, 0) is 11.3 Å². The lowest BCUT2D eigenvalue weighted by molar-refractivity contribution is -0.274. The Kier molecular flexibility index (Phi) is 6.84. The van der Waals surface area contributed by atoms with Crippen molar-refractivity contribution < 1.29 is 32.5 Å². The number of carboxylic acid groups (broad SMARTS) is 1. The van der Waals surface area contributed by atoms with Crippen LogP contribution in [-0.4, -0.2) is 37.1 Å². The van der Waals surface area contributed by atoms with E-state index in [0.717, 1.165) is 5.56 Å². The minimum Gasteiger partial charge on any atom is -0.496 e. The number of methoxy groups -OCH3 is 1. The third-order valence-electron chi connectivity index (χ3n) is 5.07. The molecular formula is C21H23F3N2O4. The Morgan fingerprint density at radius 1 is 1.23 bits per heavy atom. The first-order valence-electron chi connectivity index (χ1n) is 9.44. The second-order valence-corrected chi connectivity index (χ2v) is 7.08. The maximum atomic E-state index is 12.6. The number of halogens is 3. The van der Waals surface area contributed by atoms with Crippen LogP contribution >= 0.6 is 0 Å². The number of carboxylic acids is 1. The summed E-state index contributed by atoms with van der Waals surface area (Å²) in [6.45, 7) is 0.519. The van der Waals surface area contributed by atoms with Gasteiger partial charge >= 0.3 is 12.3 Å². The van der Waals surface area contributed by atoms with Crippen LogP contribution in [0.2, 0.25) is 0 Å². The topological polar surface area (TPSA) is 79.8 Å². The third kappa shape index (κ3) is 5.64. The molecule has 0 unspecified atom stereocenters. The molecule has 2 aromatic rings. The zero-order valence-corrected chi connectivity index (χ0v) is 16.3. The van der Waals surface area contributed by atoms with E-state index in [1.807, 2.05) is 30.3 Å². The van der Waals surface area contributed by atoms with E-state index in [9.17, 15) is 23.1 Å². The van der Waals surface area contributed by atoms with Crippen molar-refractivity contribution in [3.8, 4) is 11.5 Å². The van der Waals surface area contributed by atoms with Gasteiger partial charge in [-0.15, -0.1) is 13.2 Å². The smallest absolute Gasteiger partial charge is 0.496 e. The Morgan fingerprint density at radius 3 is 2.60 bits per heavy atom. The molecule has 3 atom stereocenters. The zero-order chi connectivity index (χ0) is 21.7. The van der Waals surface area contributed by atoms with Crippen molar-refractivity contribution in [3.63, 3.8) is 0 Å². The minimum atomic E-state index is -4.79. The van der Waals surface area contributed by atoms with Crippen LogP contribution in [0.1, 0.15) is 23.6 Å². The predicted octanol–water partition coefficient (Wildman–Crippen LogP) is 3.49. The summed E-state index contributed by atoms with van der Waals surface area (Å²) in [5, 5.41) is 16.0. The number of nitrogens with one attached hydrogen (secondary N) is 2. The molecule has 0 saturated carbocycles. The van der Waals surface area contributed by atoms with Crippen LogP contribution in [0.25, 0.3) is 0 Å². The molecule has 9 heteroatoms. The summed E-state index contributed by atoms with van der Waals surface area (Å²) in [5.74, 6) is -1.39. The molecule has 1 aliphatic heterocycles. The molecule has 0 spiro atoms. The Labute approximate surface area is 172 Å². The highest BCUT2D eigenvalue weighted by atomic mass is 19.4. The van der Waals surface area contributed by atoms with Gasteiger partial charge in [0.2, 0.25) is 0 Å². The molecule has 1 heterocycles. The van der Waals surface area contributed by atoms with Gasteiger partial charge in [0.05, 0.1) is 13.0 Å². The van der Waals surface area contributed by atoms with Gasteiger partial charge in [0.1, 0.15) is 11.5 Å². The number of benzene rings is 2. The Bertz CT molecular complexity index is 861. The van der Waals surface area contributed by atoms with Crippen molar-refractivity contribution in [1.29, 1.82) is 0 Å². The molecule has 3 N–H and O–H groups in total. The van der Waals surface area contributed by atoms with Crippen LogP contribution in [0.15, 0.2) is 48.5 Å². The molecule has 1 aliphatic rings. The van der Waals surface area contributed by atoms with Crippen LogP contribution in [0.4, 0.5) is 13.2 Å². The van der Waals surface area contributed by atoms with Gasteiger partial charge in [-0.2, -0.15) is 0 Å². The lowest BCUT2D eigenvalue weighted by Crippen LogP contribution is -2.50. The van der Waals surface area contributed by atoms with Gasteiger partial charge in [0, 0.05) is 30.7 Å². The fourth-order valence-electron chi connectivity index (χ4n) is 3.67. The second-order valence-electron chi connectivity index (χ2n) is 7.08. The molecule has 0 aliphatic carbocycles. The molecule has 30 heavy (non-hydrogen) atoms. The molecule has 162 valence electrons. The summed E-state index contributed by atoms with van der Waals surface area (Å²) >= 11 is 0. The van der Waals surface area contributed by atoms with Gasteiger partial charge in [-0.05, 0) is 30.2 Å². The molecule has 0 amide bonds. The van der Waals surface area contributed by atoms with Crippen molar-refractivity contribution in [2.24, 2.45) is 5.92 Å². The summed E-state index contributed by atoms with van der Waals surface area (Å²) in [6, 6.07) is 13.1. The molecule has 2 aromatic carbocycles. The number of hydrogen-bond acceptors (Lipinski definition) is 5. The Hall–Kier alpha value is -2.78. The standard InChI is InChI=1S/C21H23F3N2O4/c1-29-18-8-7-16(30-21(22,23)24)9-14(18)11-25-17-10-15(20(27)28)12-26-19(17)13-5-3-2-4-6-13/h2-9,15,17,19,25-26H,10-12H2,1H3,(H,27,28)/t15-,17+,19+/m1/s1. The van der Waals surface area contributed by atoms with Crippen LogP contribution in [0.5, 0.6) is 11.5 Å². The Balaban J connectivity index is 1.79. The molecule has 3 rings (SSSR count). The van der Waals surface area contributed by atoms with Crippen LogP contribution in [0.3, 0.4) is 0 Å². The van der Waals surface area contributed by atoms with E-state index in [1.54, 1.807) is 0 Å². The summed E-state index contributed by atoms with van der Waals surface area (Å²) in [6.07, 6.45) is -4.41. The number of piperidine rings is 1. The monoisotopic (exact) mass is 424 g/mol. The average molecular weight is 424 g/mol. The first-order chi connectivity index (χ1) is 14.3. The fraction of sp³-hybridized carbons (Fsp3) is 0.381. The Morgan fingerprint density at radius 2 is 1.97 bits per heavy atom. The summed E-state index contributed by atoms with van der Waals surface area (Å²) < 4.78 is 46.9. The lowest BCUT2D eigenvalue weighted by atomic mass is 9.86. The predicted molar refractivity (Wildman–Crippen MR) is 103 cm³/mol. The largest absolute Gasteiger partial charge is 0.573 e. The molecule has 0 radical (unpaired) electrons. The number of alkyl halides is 3. The number of aliphatic carboxylic acids is 1. The van der Waals surface area contributed by atoms with E-state index in [4.69, 9.17) is 4.74 Å². The second kappa shape index (κ2) is 9.36. The highest BCUT2D eigenvalue weighted by Gasteiger charge is 2.34. The first-order valence-corrected chi connectivity index (χ1v) is 9.44. The van der Waals surface area contributed by atoms with E-state index >= 15 is 0 Å².